The highest BCUT2D eigenvalue weighted by molar-refractivity contribution is 5.83. The van der Waals surface area contributed by atoms with Gasteiger partial charge in [0.1, 0.15) is 5.78 Å². The van der Waals surface area contributed by atoms with Gasteiger partial charge in [0.15, 0.2) is 0 Å². The van der Waals surface area contributed by atoms with Gasteiger partial charge in [0.2, 0.25) is 0 Å². The van der Waals surface area contributed by atoms with Gasteiger partial charge in [-0.25, -0.2) is 0 Å². The van der Waals surface area contributed by atoms with Crippen LogP contribution in [0.15, 0.2) is 12.2 Å². The number of unbranched alkanes of at least 4 members (excludes halogenated alkanes) is 5. The summed E-state index contributed by atoms with van der Waals surface area (Å²) in [6.45, 7) is 4.01. The van der Waals surface area contributed by atoms with Gasteiger partial charge < -0.3 is 10.2 Å². The van der Waals surface area contributed by atoms with E-state index in [1.807, 2.05) is 13.0 Å². The Kier molecular flexibility index (Phi) is 10.0. The summed E-state index contributed by atoms with van der Waals surface area (Å²) in [5, 5.41) is 19.1. The fourth-order valence-corrected chi connectivity index (χ4v) is 3.68. The predicted molar refractivity (Wildman–Crippen MR) is 100 cm³/mol. The maximum Gasteiger partial charge on any atom is 0.303 e. The van der Waals surface area contributed by atoms with Gasteiger partial charge in [0.25, 0.3) is 0 Å². The molecule has 0 radical (unpaired) electrons. The number of carbonyl (C=O) groups is 2. The average Bonchev–Trinajstić information content (AvgIpc) is 2.89. The molecule has 0 aromatic rings. The fraction of sp³-hybridized carbons (Fsp3) is 0.810. The number of hydrogen-bond donors (Lipinski definition) is 2. The maximum absolute atomic E-state index is 12.2. The van der Waals surface area contributed by atoms with Gasteiger partial charge >= 0.3 is 5.97 Å². The van der Waals surface area contributed by atoms with Crippen molar-refractivity contribution in [2.24, 2.45) is 11.8 Å². The molecule has 4 nitrogen and oxygen atoms in total. The lowest BCUT2D eigenvalue weighted by atomic mass is 9.87. The van der Waals surface area contributed by atoms with Crippen molar-refractivity contribution in [2.75, 3.05) is 0 Å². The summed E-state index contributed by atoms with van der Waals surface area (Å²) in [5.74, 6) is -0.0423. The summed E-state index contributed by atoms with van der Waals surface area (Å²) in [5.41, 5.74) is -0.776. The highest BCUT2D eigenvalue weighted by Gasteiger charge is 2.32. The van der Waals surface area contributed by atoms with E-state index in [0.29, 0.717) is 12.2 Å². The minimum atomic E-state index is -0.776. The number of allylic oxidation sites excluding steroid dienone is 1. The highest BCUT2D eigenvalue weighted by Crippen LogP contribution is 2.34. The molecule has 144 valence electrons. The van der Waals surface area contributed by atoms with Crippen molar-refractivity contribution >= 4 is 11.8 Å². The predicted octanol–water partition coefficient (Wildman–Crippen LogP) is 4.89. The normalized spacial score (nSPS) is 23.2. The van der Waals surface area contributed by atoms with Crippen molar-refractivity contribution in [2.45, 2.75) is 96.5 Å². The topological polar surface area (TPSA) is 74.6 Å². The van der Waals surface area contributed by atoms with E-state index < -0.39 is 11.6 Å². The Hall–Kier alpha value is -1.16. The Morgan fingerprint density at radius 1 is 1.20 bits per heavy atom. The molecule has 0 bridgehead atoms. The number of carboxylic acids is 1. The number of rotatable bonds is 13. The van der Waals surface area contributed by atoms with E-state index in [4.69, 9.17) is 5.11 Å². The second kappa shape index (κ2) is 11.5. The van der Waals surface area contributed by atoms with Crippen molar-refractivity contribution < 1.29 is 19.8 Å². The smallest absolute Gasteiger partial charge is 0.303 e. The van der Waals surface area contributed by atoms with Crippen molar-refractivity contribution in [3.05, 3.63) is 12.2 Å². The third-order valence-electron chi connectivity index (χ3n) is 5.30. The second-order valence-corrected chi connectivity index (χ2v) is 7.80. The van der Waals surface area contributed by atoms with Gasteiger partial charge in [-0.1, -0.05) is 57.6 Å². The van der Waals surface area contributed by atoms with E-state index in [2.05, 4.69) is 13.0 Å². The highest BCUT2D eigenvalue weighted by atomic mass is 16.4. The second-order valence-electron chi connectivity index (χ2n) is 7.80. The summed E-state index contributed by atoms with van der Waals surface area (Å²) in [6, 6.07) is 0. The van der Waals surface area contributed by atoms with E-state index in [9.17, 15) is 14.7 Å². The first kappa shape index (κ1) is 21.9. The summed E-state index contributed by atoms with van der Waals surface area (Å²) in [7, 11) is 0. The zero-order valence-corrected chi connectivity index (χ0v) is 16.0. The first-order valence-electron chi connectivity index (χ1n) is 10.0. The zero-order chi connectivity index (χ0) is 18.7. The van der Waals surface area contributed by atoms with Crippen LogP contribution in [-0.2, 0) is 9.59 Å². The number of ketones is 1. The van der Waals surface area contributed by atoms with Crippen LogP contribution in [0.5, 0.6) is 0 Å². The summed E-state index contributed by atoms with van der Waals surface area (Å²) < 4.78 is 0. The van der Waals surface area contributed by atoms with Crippen LogP contribution in [0.1, 0.15) is 90.9 Å². The molecule has 1 aliphatic rings. The summed E-state index contributed by atoms with van der Waals surface area (Å²) in [4.78, 5) is 22.6. The van der Waals surface area contributed by atoms with Crippen LogP contribution in [-0.4, -0.2) is 27.6 Å². The van der Waals surface area contributed by atoms with Gasteiger partial charge in [-0.15, -0.1) is 0 Å². The van der Waals surface area contributed by atoms with E-state index in [-0.39, 0.29) is 18.3 Å². The van der Waals surface area contributed by atoms with E-state index in [0.717, 1.165) is 64.2 Å². The van der Waals surface area contributed by atoms with Crippen molar-refractivity contribution in [1.29, 1.82) is 0 Å². The first-order chi connectivity index (χ1) is 11.9. The maximum atomic E-state index is 12.2. The standard InChI is InChI=1S/C21H36O4/c1-3-4-9-15-21(2,25)16-14-17-12-13-19(22)18(17)10-7-5-6-8-11-20(23)24/h14,16-18,25H,3-13,15H2,1-2H3,(H,23,24)/b16-14+/t17-,18-,21+/m1/s1. The molecule has 0 aliphatic heterocycles. The molecular weight excluding hydrogens is 316 g/mol. The monoisotopic (exact) mass is 352 g/mol. The Balaban J connectivity index is 2.38. The number of Topliss-reactive ketones (excluding diaryl/α,β-unsaturated/α-hetero) is 1. The molecule has 0 aromatic heterocycles. The third kappa shape index (κ3) is 9.20. The van der Waals surface area contributed by atoms with Gasteiger partial charge in [0, 0.05) is 18.8 Å². The van der Waals surface area contributed by atoms with Crippen molar-refractivity contribution in [3.8, 4) is 0 Å². The van der Waals surface area contributed by atoms with Gasteiger partial charge in [-0.3, -0.25) is 9.59 Å². The average molecular weight is 353 g/mol. The van der Waals surface area contributed by atoms with Crippen LogP contribution in [0.3, 0.4) is 0 Å². The number of hydrogen-bond acceptors (Lipinski definition) is 3. The zero-order valence-electron chi connectivity index (χ0n) is 16.0. The number of aliphatic carboxylic acids is 1. The molecule has 0 aromatic carbocycles. The molecule has 0 amide bonds. The van der Waals surface area contributed by atoms with Crippen molar-refractivity contribution in [1.82, 2.24) is 0 Å². The van der Waals surface area contributed by atoms with Crippen LogP contribution in [0.2, 0.25) is 0 Å². The van der Waals surface area contributed by atoms with Crippen LogP contribution in [0.4, 0.5) is 0 Å². The largest absolute Gasteiger partial charge is 0.481 e. The minimum absolute atomic E-state index is 0.0853. The molecule has 1 rings (SSSR count). The molecule has 0 unspecified atom stereocenters. The number of carboxylic acid groups (broad SMARTS) is 1. The number of carbonyl (C=O) groups excluding carboxylic acids is 1. The SMILES string of the molecule is CCCCC[C@](C)(O)/C=C/[C@H]1CCC(=O)[C@@H]1CCCCCCC(=O)O. The summed E-state index contributed by atoms with van der Waals surface area (Å²) in [6.07, 6.45) is 14.3. The third-order valence-corrected chi connectivity index (χ3v) is 5.30. The van der Waals surface area contributed by atoms with Gasteiger partial charge in [0.05, 0.1) is 5.60 Å². The van der Waals surface area contributed by atoms with E-state index in [1.54, 1.807) is 0 Å². The van der Waals surface area contributed by atoms with Crippen LogP contribution < -0.4 is 0 Å². The Bertz CT molecular complexity index is 439. The quantitative estimate of drug-likeness (QED) is 0.365. The molecule has 4 heteroatoms. The molecule has 1 aliphatic carbocycles. The lowest BCUT2D eigenvalue weighted by Crippen LogP contribution is -2.21. The molecule has 3 atom stereocenters. The molecule has 1 saturated carbocycles. The molecule has 0 spiro atoms. The summed E-state index contributed by atoms with van der Waals surface area (Å²) >= 11 is 0. The molecule has 2 N–H and O–H groups in total. The molecule has 0 heterocycles. The van der Waals surface area contributed by atoms with E-state index in [1.165, 1.54) is 0 Å². The minimum Gasteiger partial charge on any atom is -0.481 e. The lowest BCUT2D eigenvalue weighted by molar-refractivity contribution is -0.137. The van der Waals surface area contributed by atoms with Crippen molar-refractivity contribution in [3.63, 3.8) is 0 Å². The van der Waals surface area contributed by atoms with Crippen LogP contribution in [0.25, 0.3) is 0 Å². The lowest BCUT2D eigenvalue weighted by Gasteiger charge is -2.21. The number of aliphatic hydroxyl groups is 1. The Morgan fingerprint density at radius 2 is 1.92 bits per heavy atom. The van der Waals surface area contributed by atoms with Gasteiger partial charge in [-0.05, 0) is 38.5 Å². The first-order valence-corrected chi connectivity index (χ1v) is 10.0. The molecule has 1 fully saturated rings. The Labute approximate surface area is 152 Å². The van der Waals surface area contributed by atoms with Crippen LogP contribution >= 0.6 is 0 Å². The molecule has 25 heavy (non-hydrogen) atoms. The fourth-order valence-electron chi connectivity index (χ4n) is 3.68. The van der Waals surface area contributed by atoms with Gasteiger partial charge in [-0.2, -0.15) is 0 Å². The molecule has 0 saturated heterocycles. The van der Waals surface area contributed by atoms with E-state index >= 15 is 0 Å². The Morgan fingerprint density at radius 3 is 2.60 bits per heavy atom. The van der Waals surface area contributed by atoms with Crippen LogP contribution in [0, 0.1) is 11.8 Å². The molecular formula is C21H36O4.